The predicted octanol–water partition coefficient (Wildman–Crippen LogP) is 14.1. The highest BCUT2D eigenvalue weighted by molar-refractivity contribution is 6.09. The molecule has 1 heterocycles. The van der Waals surface area contributed by atoms with Crippen LogP contribution in [0.4, 0.5) is 11.4 Å². The van der Waals surface area contributed by atoms with Crippen molar-refractivity contribution in [3.05, 3.63) is 204 Å². The summed E-state index contributed by atoms with van der Waals surface area (Å²) in [6.45, 7) is 9.48. The normalized spacial score (nSPS) is 19.8. The summed E-state index contributed by atoms with van der Waals surface area (Å²) in [5.41, 5.74) is 17.0. The summed E-state index contributed by atoms with van der Waals surface area (Å²) < 4.78 is 2.57. The fraction of sp³-hybridized carbons (Fsp3) is 0.170. The fourth-order valence-corrected chi connectivity index (χ4v) is 9.74. The minimum atomic E-state index is -0.0551. The molecule has 3 aliphatic rings. The van der Waals surface area contributed by atoms with Crippen LogP contribution in [0, 0.1) is 11.8 Å². The zero-order valence-corrected chi connectivity index (χ0v) is 32.1. The predicted molar refractivity (Wildman–Crippen MR) is 234 cm³/mol. The van der Waals surface area contributed by atoms with Crippen LogP contribution in [-0.4, -0.2) is 4.57 Å². The van der Waals surface area contributed by atoms with Gasteiger partial charge in [-0.05, 0) is 111 Å². The van der Waals surface area contributed by atoms with Crippen molar-refractivity contribution in [2.24, 2.45) is 11.8 Å². The van der Waals surface area contributed by atoms with Gasteiger partial charge in [0.1, 0.15) is 0 Å². The summed E-state index contributed by atoms with van der Waals surface area (Å²) in [7, 11) is 0. The molecule has 0 spiro atoms. The summed E-state index contributed by atoms with van der Waals surface area (Å²) in [5.74, 6) is 0.693. The SMILES string of the molecule is CC1CC(N(c2ccccc2)c2ccc3c(c2)C(C)(C)c2ccccc2-3)=CC=C1c1ccc2c(c1)c1ccccc1n2C1C=CC(c2ccccc2)=CC1C. The zero-order valence-electron chi connectivity index (χ0n) is 32.1. The highest BCUT2D eigenvalue weighted by Gasteiger charge is 2.36. The molecular weight excluding hydrogens is 665 g/mol. The molecular formula is C53H46N2. The first kappa shape index (κ1) is 33.4. The van der Waals surface area contributed by atoms with E-state index in [0.717, 1.165) is 6.42 Å². The summed E-state index contributed by atoms with van der Waals surface area (Å²) in [4.78, 5) is 2.48. The van der Waals surface area contributed by atoms with Crippen LogP contribution in [0.3, 0.4) is 0 Å². The van der Waals surface area contributed by atoms with E-state index in [1.807, 2.05) is 0 Å². The second-order valence-electron chi connectivity index (χ2n) is 16.3. The van der Waals surface area contributed by atoms with Crippen molar-refractivity contribution in [3.8, 4) is 11.1 Å². The minimum absolute atomic E-state index is 0.0551. The Kier molecular flexibility index (Phi) is 7.92. The number of benzene rings is 6. The van der Waals surface area contributed by atoms with E-state index >= 15 is 0 Å². The van der Waals surface area contributed by atoms with Gasteiger partial charge in [0.25, 0.3) is 0 Å². The fourth-order valence-electron chi connectivity index (χ4n) is 9.74. The smallest absolute Gasteiger partial charge is 0.0586 e. The molecule has 1 aromatic heterocycles. The Balaban J connectivity index is 1.03. The molecule has 0 radical (unpaired) electrons. The van der Waals surface area contributed by atoms with Gasteiger partial charge in [0.2, 0.25) is 0 Å². The van der Waals surface area contributed by atoms with Crippen molar-refractivity contribution >= 4 is 44.3 Å². The van der Waals surface area contributed by atoms with Crippen LogP contribution >= 0.6 is 0 Å². The van der Waals surface area contributed by atoms with Crippen LogP contribution in [-0.2, 0) is 5.41 Å². The van der Waals surface area contributed by atoms with E-state index in [4.69, 9.17) is 0 Å². The van der Waals surface area contributed by atoms with Crippen LogP contribution in [0.2, 0.25) is 0 Å². The van der Waals surface area contributed by atoms with E-state index in [-0.39, 0.29) is 11.5 Å². The van der Waals surface area contributed by atoms with Crippen LogP contribution in [0.25, 0.3) is 44.1 Å². The summed E-state index contributed by atoms with van der Waals surface area (Å²) in [5, 5.41) is 2.64. The summed E-state index contributed by atoms with van der Waals surface area (Å²) >= 11 is 0. The average Bonchev–Trinajstić information content (AvgIpc) is 3.66. The second-order valence-corrected chi connectivity index (χ2v) is 16.3. The molecule has 2 heteroatoms. The molecule has 0 amide bonds. The Hall–Kier alpha value is -6.12. The van der Waals surface area contributed by atoms with Crippen molar-refractivity contribution in [1.29, 1.82) is 0 Å². The van der Waals surface area contributed by atoms with E-state index in [1.165, 1.54) is 83.4 Å². The maximum absolute atomic E-state index is 2.57. The first-order valence-corrected chi connectivity index (χ1v) is 19.9. The molecule has 268 valence electrons. The van der Waals surface area contributed by atoms with Gasteiger partial charge in [0.05, 0.1) is 6.04 Å². The molecule has 3 unspecified atom stereocenters. The molecule has 6 aromatic carbocycles. The monoisotopic (exact) mass is 710 g/mol. The number of fused-ring (bicyclic) bond motifs is 6. The summed E-state index contributed by atoms with van der Waals surface area (Å²) in [6.07, 6.45) is 12.9. The van der Waals surface area contributed by atoms with Crippen molar-refractivity contribution in [2.45, 2.75) is 45.6 Å². The van der Waals surface area contributed by atoms with Gasteiger partial charge < -0.3 is 9.47 Å². The minimum Gasteiger partial charge on any atom is -0.333 e. The third kappa shape index (κ3) is 5.46. The van der Waals surface area contributed by atoms with Crippen LogP contribution in [0.15, 0.2) is 182 Å². The standard InChI is InChI=1S/C53H46N2/c1-35-32-41(54(40-17-9-6-10-18-40)42-26-28-45-44-19-11-13-21-48(44)53(3,4)49(45)34-42)25-27-43(35)39-24-30-52-47(33-39)46-20-12-14-22-51(46)55(52)50-29-23-38(31-36(50)2)37-15-7-5-8-16-37/h5-31,33-36,50H,32H2,1-4H3. The molecule has 3 atom stereocenters. The Morgan fingerprint density at radius 1 is 0.600 bits per heavy atom. The lowest BCUT2D eigenvalue weighted by molar-refractivity contribution is 0.511. The number of nitrogens with zero attached hydrogens (tertiary/aromatic N) is 2. The Labute approximate surface area is 325 Å². The maximum Gasteiger partial charge on any atom is 0.0586 e. The first-order valence-electron chi connectivity index (χ1n) is 19.9. The highest BCUT2D eigenvalue weighted by atomic mass is 15.1. The molecule has 0 fully saturated rings. The molecule has 55 heavy (non-hydrogen) atoms. The topological polar surface area (TPSA) is 8.17 Å². The number of hydrogen-bond acceptors (Lipinski definition) is 1. The lowest BCUT2D eigenvalue weighted by atomic mass is 9.82. The van der Waals surface area contributed by atoms with Gasteiger partial charge in [0, 0.05) is 44.3 Å². The van der Waals surface area contributed by atoms with Crippen molar-refractivity contribution in [1.82, 2.24) is 4.57 Å². The Morgan fingerprint density at radius 3 is 2.11 bits per heavy atom. The molecule has 7 aromatic rings. The van der Waals surface area contributed by atoms with E-state index in [0.29, 0.717) is 11.8 Å². The van der Waals surface area contributed by atoms with Gasteiger partial charge in [-0.15, -0.1) is 0 Å². The molecule has 0 bridgehead atoms. The number of hydrogen-bond donors (Lipinski definition) is 0. The van der Waals surface area contributed by atoms with Crippen LogP contribution in [0.5, 0.6) is 0 Å². The molecule has 0 saturated carbocycles. The van der Waals surface area contributed by atoms with Gasteiger partial charge in [-0.2, -0.15) is 0 Å². The largest absolute Gasteiger partial charge is 0.333 e. The van der Waals surface area contributed by atoms with Gasteiger partial charge in [-0.1, -0.05) is 155 Å². The van der Waals surface area contributed by atoms with Gasteiger partial charge in [-0.3, -0.25) is 0 Å². The second kappa shape index (κ2) is 13.0. The molecule has 2 nitrogen and oxygen atoms in total. The quantitative estimate of drug-likeness (QED) is 0.167. The Morgan fingerprint density at radius 2 is 1.31 bits per heavy atom. The van der Waals surface area contributed by atoms with Crippen LogP contribution in [0.1, 0.15) is 62.4 Å². The van der Waals surface area contributed by atoms with Crippen LogP contribution < -0.4 is 4.90 Å². The van der Waals surface area contributed by atoms with Crippen molar-refractivity contribution < 1.29 is 0 Å². The third-order valence-corrected chi connectivity index (χ3v) is 12.5. The third-order valence-electron chi connectivity index (χ3n) is 12.5. The molecule has 10 rings (SSSR count). The Bertz CT molecular complexity index is 2740. The first-order chi connectivity index (χ1) is 26.9. The van der Waals surface area contributed by atoms with E-state index in [1.54, 1.807) is 0 Å². The molecule has 0 N–H and O–H groups in total. The number of rotatable bonds is 6. The van der Waals surface area contributed by atoms with Gasteiger partial charge in [-0.25, -0.2) is 0 Å². The number of aromatic nitrogens is 1. The van der Waals surface area contributed by atoms with Crippen molar-refractivity contribution in [3.63, 3.8) is 0 Å². The number of para-hydroxylation sites is 2. The molecule has 3 aliphatic carbocycles. The number of anilines is 2. The lowest BCUT2D eigenvalue weighted by Crippen LogP contribution is -2.21. The zero-order chi connectivity index (χ0) is 37.3. The maximum atomic E-state index is 2.57. The summed E-state index contributed by atoms with van der Waals surface area (Å²) in [6, 6.07) is 54.0. The van der Waals surface area contributed by atoms with E-state index < -0.39 is 0 Å². The van der Waals surface area contributed by atoms with Gasteiger partial charge >= 0.3 is 0 Å². The van der Waals surface area contributed by atoms with E-state index in [2.05, 4.69) is 213 Å². The molecule has 0 aliphatic heterocycles. The highest BCUT2D eigenvalue weighted by Crippen LogP contribution is 2.51. The van der Waals surface area contributed by atoms with E-state index in [9.17, 15) is 0 Å². The average molecular weight is 711 g/mol. The van der Waals surface area contributed by atoms with Gasteiger partial charge in [0.15, 0.2) is 0 Å². The lowest BCUT2D eigenvalue weighted by Gasteiger charge is -2.33. The van der Waals surface area contributed by atoms with Crippen molar-refractivity contribution in [2.75, 3.05) is 4.90 Å². The number of allylic oxidation sites excluding steroid dienone is 8. The molecule has 0 saturated heterocycles.